The van der Waals surface area contributed by atoms with E-state index in [0.717, 1.165) is 11.1 Å². The third kappa shape index (κ3) is 4.76. The maximum Gasteiger partial charge on any atom is 0.322 e. The molecule has 0 saturated heterocycles. The number of rotatable bonds is 6. The van der Waals surface area contributed by atoms with Gasteiger partial charge in [-0.2, -0.15) is 0 Å². The SMILES string of the molecule is CCN(C(=O)Nc1cccc([N+](=O)[O-])c1)[C@@H](c1ccccc1)c1ccc(F)cc1. The van der Waals surface area contributed by atoms with Crippen molar-refractivity contribution in [3.05, 3.63) is 106 Å². The van der Waals surface area contributed by atoms with Gasteiger partial charge in [0.05, 0.1) is 11.0 Å². The Hall–Kier alpha value is -3.74. The molecule has 6 nitrogen and oxygen atoms in total. The lowest BCUT2D eigenvalue weighted by Crippen LogP contribution is -2.38. The van der Waals surface area contributed by atoms with Crippen LogP contribution in [0.1, 0.15) is 24.1 Å². The number of non-ortho nitro benzene ring substituents is 1. The fourth-order valence-corrected chi connectivity index (χ4v) is 3.17. The number of nitrogens with zero attached hydrogens (tertiary/aromatic N) is 2. The van der Waals surface area contributed by atoms with E-state index in [4.69, 9.17) is 0 Å². The number of hydrogen-bond donors (Lipinski definition) is 1. The zero-order chi connectivity index (χ0) is 20.8. The number of anilines is 1. The number of urea groups is 1. The molecule has 0 aliphatic carbocycles. The molecule has 0 aromatic heterocycles. The van der Waals surface area contributed by atoms with E-state index in [9.17, 15) is 19.3 Å². The van der Waals surface area contributed by atoms with Gasteiger partial charge in [0.1, 0.15) is 5.82 Å². The topological polar surface area (TPSA) is 75.5 Å². The molecule has 0 aliphatic rings. The summed E-state index contributed by atoms with van der Waals surface area (Å²) in [6, 6.07) is 20.4. The zero-order valence-electron chi connectivity index (χ0n) is 15.8. The number of carbonyl (C=O) groups is 1. The van der Waals surface area contributed by atoms with E-state index in [-0.39, 0.29) is 11.5 Å². The van der Waals surface area contributed by atoms with Crippen LogP contribution in [0, 0.1) is 15.9 Å². The maximum absolute atomic E-state index is 13.4. The number of benzene rings is 3. The summed E-state index contributed by atoms with van der Waals surface area (Å²) in [5, 5.41) is 13.7. The Balaban J connectivity index is 1.94. The summed E-state index contributed by atoms with van der Waals surface area (Å²) in [5.74, 6) is -0.357. The number of amides is 2. The number of nitro benzene ring substituents is 1. The van der Waals surface area contributed by atoms with Crippen molar-refractivity contribution in [2.24, 2.45) is 0 Å². The summed E-state index contributed by atoms with van der Waals surface area (Å²) < 4.78 is 13.4. The summed E-state index contributed by atoms with van der Waals surface area (Å²) >= 11 is 0. The highest BCUT2D eigenvalue weighted by Gasteiger charge is 2.26. The molecule has 2 amide bonds. The second-order valence-corrected chi connectivity index (χ2v) is 6.39. The highest BCUT2D eigenvalue weighted by Crippen LogP contribution is 2.29. The molecule has 0 radical (unpaired) electrons. The van der Waals surface area contributed by atoms with E-state index < -0.39 is 17.0 Å². The zero-order valence-corrected chi connectivity index (χ0v) is 15.8. The van der Waals surface area contributed by atoms with Crippen molar-refractivity contribution in [3.8, 4) is 0 Å². The third-order valence-corrected chi connectivity index (χ3v) is 4.52. The number of nitro groups is 1. The van der Waals surface area contributed by atoms with Crippen molar-refractivity contribution in [3.63, 3.8) is 0 Å². The predicted molar refractivity (Wildman–Crippen MR) is 109 cm³/mol. The number of nitrogens with one attached hydrogen (secondary N) is 1. The smallest absolute Gasteiger partial charge is 0.314 e. The minimum absolute atomic E-state index is 0.107. The van der Waals surface area contributed by atoms with Crippen LogP contribution in [-0.4, -0.2) is 22.4 Å². The molecule has 3 aromatic rings. The summed E-state index contributed by atoms with van der Waals surface area (Å²) in [7, 11) is 0. The third-order valence-electron chi connectivity index (χ3n) is 4.52. The minimum Gasteiger partial charge on any atom is -0.314 e. The lowest BCUT2D eigenvalue weighted by Gasteiger charge is -2.32. The van der Waals surface area contributed by atoms with Gasteiger partial charge in [-0.3, -0.25) is 10.1 Å². The first-order valence-electron chi connectivity index (χ1n) is 9.12. The number of halogens is 1. The average molecular weight is 393 g/mol. The Morgan fingerprint density at radius 2 is 1.69 bits per heavy atom. The molecular formula is C22H20FN3O3. The number of hydrogen-bond acceptors (Lipinski definition) is 3. The Labute approximate surface area is 167 Å². The van der Waals surface area contributed by atoms with Crippen LogP contribution in [0.3, 0.4) is 0 Å². The molecule has 1 atom stereocenters. The monoisotopic (exact) mass is 393 g/mol. The van der Waals surface area contributed by atoms with Crippen LogP contribution in [-0.2, 0) is 0 Å². The van der Waals surface area contributed by atoms with Gasteiger partial charge >= 0.3 is 6.03 Å². The Morgan fingerprint density at radius 1 is 1.03 bits per heavy atom. The molecule has 148 valence electrons. The molecule has 3 rings (SSSR count). The van der Waals surface area contributed by atoms with Crippen LogP contribution in [0.15, 0.2) is 78.9 Å². The quantitative estimate of drug-likeness (QED) is 0.451. The molecule has 0 fully saturated rings. The molecule has 0 heterocycles. The molecule has 7 heteroatoms. The van der Waals surface area contributed by atoms with Crippen LogP contribution < -0.4 is 5.32 Å². The first kappa shape index (κ1) is 20.0. The average Bonchev–Trinajstić information content (AvgIpc) is 2.73. The van der Waals surface area contributed by atoms with Crippen molar-refractivity contribution in [2.45, 2.75) is 13.0 Å². The van der Waals surface area contributed by atoms with Crippen LogP contribution in [0.5, 0.6) is 0 Å². The largest absolute Gasteiger partial charge is 0.322 e. The van der Waals surface area contributed by atoms with Crippen molar-refractivity contribution < 1.29 is 14.1 Å². The highest BCUT2D eigenvalue weighted by atomic mass is 19.1. The van der Waals surface area contributed by atoms with Crippen molar-refractivity contribution in [2.75, 3.05) is 11.9 Å². The van der Waals surface area contributed by atoms with Gasteiger partial charge in [-0.1, -0.05) is 48.5 Å². The van der Waals surface area contributed by atoms with E-state index in [1.165, 1.54) is 30.3 Å². The molecule has 29 heavy (non-hydrogen) atoms. The normalized spacial score (nSPS) is 11.5. The lowest BCUT2D eigenvalue weighted by atomic mass is 9.97. The molecule has 1 N–H and O–H groups in total. The second-order valence-electron chi connectivity index (χ2n) is 6.39. The Morgan fingerprint density at radius 3 is 2.31 bits per heavy atom. The van der Waals surface area contributed by atoms with Crippen LogP contribution >= 0.6 is 0 Å². The molecule has 0 unspecified atom stereocenters. The van der Waals surface area contributed by atoms with Crippen molar-refractivity contribution >= 4 is 17.4 Å². The first-order chi connectivity index (χ1) is 14.0. The van der Waals surface area contributed by atoms with Gasteiger partial charge in [-0.25, -0.2) is 9.18 Å². The maximum atomic E-state index is 13.4. The van der Waals surface area contributed by atoms with Gasteiger partial charge in [0.2, 0.25) is 0 Å². The first-order valence-corrected chi connectivity index (χ1v) is 9.12. The van der Waals surface area contributed by atoms with Crippen LogP contribution in [0.4, 0.5) is 20.6 Å². The molecule has 0 aliphatic heterocycles. The van der Waals surface area contributed by atoms with E-state index in [2.05, 4.69) is 5.32 Å². The molecule has 0 saturated carbocycles. The molecule has 0 spiro atoms. The lowest BCUT2D eigenvalue weighted by molar-refractivity contribution is -0.384. The number of carbonyl (C=O) groups excluding carboxylic acids is 1. The fourth-order valence-electron chi connectivity index (χ4n) is 3.17. The summed E-state index contributed by atoms with van der Waals surface area (Å²) in [5.41, 5.74) is 1.85. The van der Waals surface area contributed by atoms with Gasteiger partial charge in [-0.15, -0.1) is 0 Å². The Bertz CT molecular complexity index is 994. The van der Waals surface area contributed by atoms with Crippen LogP contribution in [0.25, 0.3) is 0 Å². The van der Waals surface area contributed by atoms with Crippen molar-refractivity contribution in [1.82, 2.24) is 4.90 Å². The highest BCUT2D eigenvalue weighted by molar-refractivity contribution is 5.90. The van der Waals surface area contributed by atoms with Gasteiger partial charge in [0.25, 0.3) is 5.69 Å². The standard InChI is InChI=1S/C22H20FN3O3/c1-2-25(22(27)24-19-9-6-10-20(15-19)26(28)29)21(16-7-4-3-5-8-16)17-11-13-18(23)14-12-17/h3-15,21H,2H2,1H3,(H,24,27)/t21-/m0/s1. The van der Waals surface area contributed by atoms with Gasteiger partial charge in [-0.05, 0) is 36.2 Å². The predicted octanol–water partition coefficient (Wildman–Crippen LogP) is 5.38. The summed E-state index contributed by atoms with van der Waals surface area (Å²) in [4.78, 5) is 25.1. The molecule has 0 bridgehead atoms. The second kappa shape index (κ2) is 8.97. The summed E-state index contributed by atoms with van der Waals surface area (Å²) in [6.07, 6.45) is 0. The fraction of sp³-hybridized carbons (Fsp3) is 0.136. The van der Waals surface area contributed by atoms with Gasteiger partial charge < -0.3 is 10.2 Å². The van der Waals surface area contributed by atoms with E-state index in [1.54, 1.807) is 23.1 Å². The molecule has 3 aromatic carbocycles. The van der Waals surface area contributed by atoms with E-state index in [0.29, 0.717) is 12.2 Å². The molecular weight excluding hydrogens is 373 g/mol. The van der Waals surface area contributed by atoms with Crippen LogP contribution in [0.2, 0.25) is 0 Å². The van der Waals surface area contributed by atoms with Crippen molar-refractivity contribution in [1.29, 1.82) is 0 Å². The Kier molecular flexibility index (Phi) is 6.19. The van der Waals surface area contributed by atoms with Gasteiger partial charge in [0.15, 0.2) is 0 Å². The summed E-state index contributed by atoms with van der Waals surface area (Å²) in [6.45, 7) is 2.21. The van der Waals surface area contributed by atoms with E-state index >= 15 is 0 Å². The minimum atomic E-state index is -0.515. The van der Waals surface area contributed by atoms with Gasteiger partial charge in [0, 0.05) is 24.4 Å². The van der Waals surface area contributed by atoms with E-state index in [1.807, 2.05) is 37.3 Å².